The van der Waals surface area contributed by atoms with E-state index in [1.165, 1.54) is 0 Å². The molecule has 0 aromatic heterocycles. The Bertz CT molecular complexity index is 378. The molecule has 0 atom stereocenters. The molecule has 0 unspecified atom stereocenters. The number of ether oxygens (including phenoxy) is 1. The summed E-state index contributed by atoms with van der Waals surface area (Å²) in [4.78, 5) is 34.4. The van der Waals surface area contributed by atoms with Crippen LogP contribution in [0.3, 0.4) is 0 Å². The first-order chi connectivity index (χ1) is 9.59. The highest BCUT2D eigenvalue weighted by Crippen LogP contribution is 2.11. The van der Waals surface area contributed by atoms with E-state index in [4.69, 9.17) is 9.84 Å². The van der Waals surface area contributed by atoms with Gasteiger partial charge < -0.3 is 14.7 Å². The molecule has 0 radical (unpaired) electrons. The van der Waals surface area contributed by atoms with E-state index in [1.54, 1.807) is 0 Å². The van der Waals surface area contributed by atoms with E-state index in [2.05, 4.69) is 0 Å². The average molecular weight is 283 g/mol. The number of rotatable bonds is 9. The van der Waals surface area contributed by atoms with Crippen LogP contribution in [-0.4, -0.2) is 47.5 Å². The Morgan fingerprint density at radius 3 is 2.60 bits per heavy atom. The molecule has 0 aromatic rings. The van der Waals surface area contributed by atoms with Crippen molar-refractivity contribution in [3.8, 4) is 0 Å². The van der Waals surface area contributed by atoms with Crippen LogP contribution in [0.4, 0.5) is 0 Å². The van der Waals surface area contributed by atoms with Crippen molar-refractivity contribution in [2.45, 2.75) is 38.5 Å². The predicted octanol–water partition coefficient (Wildman–Crippen LogP) is 1.35. The molecule has 20 heavy (non-hydrogen) atoms. The van der Waals surface area contributed by atoms with Crippen LogP contribution in [0.15, 0.2) is 12.2 Å². The van der Waals surface area contributed by atoms with Crippen LogP contribution in [0.1, 0.15) is 38.5 Å². The molecule has 6 heteroatoms. The van der Waals surface area contributed by atoms with E-state index < -0.39 is 11.9 Å². The van der Waals surface area contributed by atoms with Gasteiger partial charge in [0.1, 0.15) is 0 Å². The minimum Gasteiger partial charge on any atom is -0.478 e. The summed E-state index contributed by atoms with van der Waals surface area (Å²) in [5.41, 5.74) is 0. The SMILES string of the molecule is O=C(O)C=CC(=O)OCCCCCCN1CCCC1=O. The second-order valence-electron chi connectivity index (χ2n) is 4.74. The Morgan fingerprint density at radius 2 is 1.95 bits per heavy atom. The number of hydrogen-bond donors (Lipinski definition) is 1. The zero-order valence-electron chi connectivity index (χ0n) is 11.5. The number of carbonyl (C=O) groups excluding carboxylic acids is 2. The van der Waals surface area contributed by atoms with Crippen LogP contribution in [0.25, 0.3) is 0 Å². The van der Waals surface area contributed by atoms with Gasteiger partial charge in [0.05, 0.1) is 6.61 Å². The van der Waals surface area contributed by atoms with Crippen molar-refractivity contribution >= 4 is 17.8 Å². The fraction of sp³-hybridized carbons (Fsp3) is 0.643. The van der Waals surface area contributed by atoms with Crippen molar-refractivity contribution in [1.82, 2.24) is 4.90 Å². The van der Waals surface area contributed by atoms with Crippen molar-refractivity contribution in [2.75, 3.05) is 19.7 Å². The molecule has 1 N–H and O–H groups in total. The quantitative estimate of drug-likeness (QED) is 0.392. The Hall–Kier alpha value is -1.85. The molecule has 1 rings (SSSR count). The zero-order valence-corrected chi connectivity index (χ0v) is 11.5. The summed E-state index contributed by atoms with van der Waals surface area (Å²) in [5.74, 6) is -1.54. The highest BCUT2D eigenvalue weighted by atomic mass is 16.5. The molecule has 1 aliphatic heterocycles. The molecule has 1 saturated heterocycles. The maximum absolute atomic E-state index is 11.3. The highest BCUT2D eigenvalue weighted by Gasteiger charge is 2.18. The number of carboxylic acid groups (broad SMARTS) is 1. The summed E-state index contributed by atoms with van der Waals surface area (Å²) < 4.78 is 4.84. The summed E-state index contributed by atoms with van der Waals surface area (Å²) in [6.07, 6.45) is 6.96. The smallest absolute Gasteiger partial charge is 0.331 e. The number of nitrogens with zero attached hydrogens (tertiary/aromatic N) is 1. The minimum absolute atomic E-state index is 0.254. The zero-order chi connectivity index (χ0) is 14.8. The van der Waals surface area contributed by atoms with Crippen LogP contribution >= 0.6 is 0 Å². The van der Waals surface area contributed by atoms with E-state index >= 15 is 0 Å². The van der Waals surface area contributed by atoms with Crippen LogP contribution in [0.5, 0.6) is 0 Å². The third-order valence-electron chi connectivity index (χ3n) is 3.10. The van der Waals surface area contributed by atoms with Crippen molar-refractivity contribution < 1.29 is 24.2 Å². The van der Waals surface area contributed by atoms with Crippen LogP contribution < -0.4 is 0 Å². The molecule has 1 aliphatic rings. The number of aliphatic carboxylic acids is 1. The summed E-state index contributed by atoms with van der Waals surface area (Å²) in [7, 11) is 0. The summed E-state index contributed by atoms with van der Waals surface area (Å²) in [5, 5.41) is 8.32. The largest absolute Gasteiger partial charge is 0.478 e. The molecule has 6 nitrogen and oxygen atoms in total. The predicted molar refractivity (Wildman–Crippen MR) is 72.0 cm³/mol. The second kappa shape index (κ2) is 9.12. The first-order valence-corrected chi connectivity index (χ1v) is 6.95. The highest BCUT2D eigenvalue weighted by molar-refractivity contribution is 5.90. The molecule has 112 valence electrons. The van der Waals surface area contributed by atoms with Gasteiger partial charge in [-0.3, -0.25) is 4.79 Å². The standard InChI is InChI=1S/C14H21NO5/c16-12-6-5-10-15(12)9-3-1-2-4-11-20-14(19)8-7-13(17)18/h7-8H,1-6,9-11H2,(H,17,18). The Morgan fingerprint density at radius 1 is 1.20 bits per heavy atom. The van der Waals surface area contributed by atoms with Gasteiger partial charge in [-0.2, -0.15) is 0 Å². The van der Waals surface area contributed by atoms with Crippen molar-refractivity contribution in [3.63, 3.8) is 0 Å². The number of likely N-dealkylation sites (tertiary alicyclic amines) is 1. The molecule has 0 spiro atoms. The first kappa shape index (κ1) is 16.2. The fourth-order valence-electron chi connectivity index (χ4n) is 2.06. The average Bonchev–Trinajstić information content (AvgIpc) is 2.81. The van der Waals surface area contributed by atoms with Crippen molar-refractivity contribution in [2.24, 2.45) is 0 Å². The Balaban J connectivity index is 1.93. The van der Waals surface area contributed by atoms with Gasteiger partial charge in [-0.1, -0.05) is 6.42 Å². The summed E-state index contributed by atoms with van der Waals surface area (Å²) >= 11 is 0. The Kier molecular flexibility index (Phi) is 7.39. The molecule has 0 saturated carbocycles. The summed E-state index contributed by atoms with van der Waals surface area (Å²) in [6, 6.07) is 0. The van der Waals surface area contributed by atoms with Gasteiger partial charge in [0.15, 0.2) is 0 Å². The lowest BCUT2D eigenvalue weighted by Gasteiger charge is -2.14. The van der Waals surface area contributed by atoms with E-state index in [-0.39, 0.29) is 5.91 Å². The third-order valence-corrected chi connectivity index (χ3v) is 3.10. The van der Waals surface area contributed by atoms with Crippen LogP contribution in [-0.2, 0) is 19.1 Å². The normalized spacial score (nSPS) is 15.0. The number of esters is 1. The number of hydrogen-bond acceptors (Lipinski definition) is 4. The van der Waals surface area contributed by atoms with E-state index in [0.29, 0.717) is 13.0 Å². The molecule has 1 heterocycles. The van der Waals surface area contributed by atoms with Crippen LogP contribution in [0, 0.1) is 0 Å². The minimum atomic E-state index is -1.17. The van der Waals surface area contributed by atoms with Gasteiger partial charge in [-0.15, -0.1) is 0 Å². The number of unbranched alkanes of at least 4 members (excludes halogenated alkanes) is 3. The molecule has 1 amide bonds. The number of carbonyl (C=O) groups is 3. The fourth-order valence-corrected chi connectivity index (χ4v) is 2.06. The first-order valence-electron chi connectivity index (χ1n) is 6.95. The van der Waals surface area contributed by atoms with Gasteiger partial charge in [0, 0.05) is 31.7 Å². The lowest BCUT2D eigenvalue weighted by atomic mass is 10.2. The third kappa shape index (κ3) is 6.92. The lowest BCUT2D eigenvalue weighted by Crippen LogP contribution is -2.25. The maximum Gasteiger partial charge on any atom is 0.331 e. The molecule has 0 aliphatic carbocycles. The number of carboxylic acids is 1. The molecule has 0 bridgehead atoms. The molecular formula is C14H21NO5. The van der Waals surface area contributed by atoms with E-state index in [9.17, 15) is 14.4 Å². The van der Waals surface area contributed by atoms with Gasteiger partial charge >= 0.3 is 11.9 Å². The topological polar surface area (TPSA) is 83.9 Å². The molecule has 1 fully saturated rings. The van der Waals surface area contributed by atoms with Crippen molar-refractivity contribution in [3.05, 3.63) is 12.2 Å². The van der Waals surface area contributed by atoms with Gasteiger partial charge in [-0.25, -0.2) is 9.59 Å². The van der Waals surface area contributed by atoms with Crippen LogP contribution in [0.2, 0.25) is 0 Å². The van der Waals surface area contributed by atoms with E-state index in [1.807, 2.05) is 4.90 Å². The Labute approximate surface area is 118 Å². The second-order valence-corrected chi connectivity index (χ2v) is 4.74. The van der Waals surface area contributed by atoms with Crippen molar-refractivity contribution in [1.29, 1.82) is 0 Å². The van der Waals surface area contributed by atoms with Gasteiger partial charge in [0.2, 0.25) is 5.91 Å². The lowest BCUT2D eigenvalue weighted by molar-refractivity contribution is -0.138. The maximum atomic E-state index is 11.3. The van der Waals surface area contributed by atoms with Gasteiger partial charge in [-0.05, 0) is 25.7 Å². The number of amides is 1. The molecular weight excluding hydrogens is 262 g/mol. The van der Waals surface area contributed by atoms with Gasteiger partial charge in [0.25, 0.3) is 0 Å². The summed E-state index contributed by atoms with van der Waals surface area (Å²) in [6.45, 7) is 2.00. The molecule has 0 aromatic carbocycles. The monoisotopic (exact) mass is 283 g/mol. The van der Waals surface area contributed by atoms with E-state index in [0.717, 1.165) is 57.3 Å².